The van der Waals surface area contributed by atoms with Crippen LogP contribution in [0.15, 0.2) is 42.5 Å². The number of benzene rings is 1. The van der Waals surface area contributed by atoms with Gasteiger partial charge in [-0.3, -0.25) is 4.90 Å². The molecule has 1 amide bonds. The Hall–Kier alpha value is -2.34. The number of carbonyl (C=O) groups is 2. The van der Waals surface area contributed by atoms with Crippen molar-refractivity contribution in [2.24, 2.45) is 0 Å². The third-order valence-corrected chi connectivity index (χ3v) is 3.81. The average molecular weight is 333 g/mol. The highest BCUT2D eigenvalue weighted by Crippen LogP contribution is 2.20. The summed E-state index contributed by atoms with van der Waals surface area (Å²) in [6.07, 6.45) is 2.78. The molecule has 24 heavy (non-hydrogen) atoms. The molecular weight excluding hydrogens is 310 g/mol. The van der Waals surface area contributed by atoms with Crippen LogP contribution in [0.25, 0.3) is 0 Å². The molecule has 0 unspecified atom stereocenters. The SMILES string of the molecule is CCOC(=O)/C=C/[C@H]1[C@H](O)CCCN1C(=O)OCc1ccccc1. The maximum Gasteiger partial charge on any atom is 0.410 e. The van der Waals surface area contributed by atoms with Crippen LogP contribution in [0.5, 0.6) is 0 Å². The van der Waals surface area contributed by atoms with Crippen molar-refractivity contribution in [1.82, 2.24) is 4.90 Å². The van der Waals surface area contributed by atoms with E-state index in [-0.39, 0.29) is 13.2 Å². The zero-order valence-electron chi connectivity index (χ0n) is 13.8. The Kier molecular flexibility index (Phi) is 6.81. The highest BCUT2D eigenvalue weighted by atomic mass is 16.6. The van der Waals surface area contributed by atoms with Gasteiger partial charge < -0.3 is 14.6 Å². The van der Waals surface area contributed by atoms with Gasteiger partial charge in [0.05, 0.1) is 18.8 Å². The molecule has 1 saturated heterocycles. The molecule has 6 heteroatoms. The van der Waals surface area contributed by atoms with Gasteiger partial charge >= 0.3 is 12.1 Å². The third-order valence-electron chi connectivity index (χ3n) is 3.81. The van der Waals surface area contributed by atoms with Gasteiger partial charge in [-0.05, 0) is 25.3 Å². The van der Waals surface area contributed by atoms with Crippen molar-refractivity contribution in [3.05, 3.63) is 48.0 Å². The first-order chi connectivity index (χ1) is 11.6. The summed E-state index contributed by atoms with van der Waals surface area (Å²) in [5, 5.41) is 10.2. The number of piperidine rings is 1. The van der Waals surface area contributed by atoms with Gasteiger partial charge in [-0.1, -0.05) is 36.4 Å². The number of ether oxygens (including phenoxy) is 2. The Morgan fingerprint density at radius 3 is 2.75 bits per heavy atom. The number of aliphatic hydroxyl groups is 1. The van der Waals surface area contributed by atoms with Gasteiger partial charge in [0.15, 0.2) is 0 Å². The van der Waals surface area contributed by atoms with E-state index in [0.717, 1.165) is 5.56 Å². The lowest BCUT2D eigenvalue weighted by Crippen LogP contribution is -2.50. The van der Waals surface area contributed by atoms with Gasteiger partial charge in [0.25, 0.3) is 0 Å². The molecule has 2 rings (SSSR count). The maximum absolute atomic E-state index is 12.3. The molecule has 1 fully saturated rings. The highest BCUT2D eigenvalue weighted by molar-refractivity contribution is 5.82. The second-order valence-electron chi connectivity index (χ2n) is 5.54. The van der Waals surface area contributed by atoms with Crippen molar-refractivity contribution in [1.29, 1.82) is 0 Å². The van der Waals surface area contributed by atoms with Gasteiger partial charge in [-0.25, -0.2) is 9.59 Å². The van der Waals surface area contributed by atoms with Gasteiger partial charge in [-0.2, -0.15) is 0 Å². The number of nitrogens with zero attached hydrogens (tertiary/aromatic N) is 1. The minimum Gasteiger partial charge on any atom is -0.463 e. The van der Waals surface area contributed by atoms with E-state index in [1.165, 1.54) is 17.1 Å². The van der Waals surface area contributed by atoms with Crippen LogP contribution in [-0.2, 0) is 20.9 Å². The molecule has 1 N–H and O–H groups in total. The molecule has 0 spiro atoms. The lowest BCUT2D eigenvalue weighted by Gasteiger charge is -2.36. The summed E-state index contributed by atoms with van der Waals surface area (Å²) in [6.45, 7) is 2.64. The molecular formula is C18H23NO5. The predicted molar refractivity (Wildman–Crippen MR) is 88.1 cm³/mol. The lowest BCUT2D eigenvalue weighted by atomic mass is 9.99. The number of hydrogen-bond acceptors (Lipinski definition) is 5. The second-order valence-corrected chi connectivity index (χ2v) is 5.54. The minimum atomic E-state index is -0.728. The largest absolute Gasteiger partial charge is 0.463 e. The predicted octanol–water partition coefficient (Wildman–Crippen LogP) is 2.27. The van der Waals surface area contributed by atoms with Crippen molar-refractivity contribution >= 4 is 12.1 Å². The molecule has 0 bridgehead atoms. The average Bonchev–Trinajstić information content (AvgIpc) is 2.59. The van der Waals surface area contributed by atoms with Crippen LogP contribution < -0.4 is 0 Å². The highest BCUT2D eigenvalue weighted by Gasteiger charge is 2.32. The molecule has 2 atom stereocenters. The van der Waals surface area contributed by atoms with Gasteiger partial charge in [0.1, 0.15) is 6.61 Å². The molecule has 130 valence electrons. The molecule has 6 nitrogen and oxygen atoms in total. The van der Waals surface area contributed by atoms with Crippen LogP contribution >= 0.6 is 0 Å². The van der Waals surface area contributed by atoms with E-state index >= 15 is 0 Å². The number of likely N-dealkylation sites (tertiary alicyclic amines) is 1. The van der Waals surface area contributed by atoms with Crippen molar-refractivity contribution < 1.29 is 24.2 Å². The van der Waals surface area contributed by atoms with Crippen LogP contribution in [0.1, 0.15) is 25.3 Å². The number of carbonyl (C=O) groups excluding carboxylic acids is 2. The van der Waals surface area contributed by atoms with E-state index in [0.29, 0.717) is 19.4 Å². The Morgan fingerprint density at radius 1 is 1.29 bits per heavy atom. The van der Waals surface area contributed by atoms with E-state index in [1.807, 2.05) is 30.3 Å². The standard InChI is InChI=1S/C18H23NO5/c1-2-23-17(21)11-10-15-16(20)9-6-12-19(15)18(22)24-13-14-7-4-3-5-8-14/h3-5,7-8,10-11,15-16,20H,2,6,9,12-13H2,1H3/b11-10+/t15-,16+/m0/s1. The topological polar surface area (TPSA) is 76.1 Å². The fraction of sp³-hybridized carbons (Fsp3) is 0.444. The number of amides is 1. The van der Waals surface area contributed by atoms with Crippen molar-refractivity contribution in [3.63, 3.8) is 0 Å². The molecule has 0 aromatic heterocycles. The fourth-order valence-electron chi connectivity index (χ4n) is 2.61. The second kappa shape index (κ2) is 9.08. The molecule has 1 aromatic rings. The summed E-state index contributed by atoms with van der Waals surface area (Å²) in [7, 11) is 0. The smallest absolute Gasteiger partial charge is 0.410 e. The maximum atomic E-state index is 12.3. The van der Waals surface area contributed by atoms with E-state index in [9.17, 15) is 14.7 Å². The van der Waals surface area contributed by atoms with Crippen LogP contribution in [0.2, 0.25) is 0 Å². The Bertz CT molecular complexity index is 572. The van der Waals surface area contributed by atoms with Crippen LogP contribution in [0, 0.1) is 0 Å². The third kappa shape index (κ3) is 5.09. The zero-order valence-corrected chi connectivity index (χ0v) is 13.8. The number of hydrogen-bond donors (Lipinski definition) is 1. The van der Waals surface area contributed by atoms with Crippen LogP contribution in [-0.4, -0.2) is 47.4 Å². The molecule has 1 aliphatic heterocycles. The first kappa shape index (κ1) is 18.0. The summed E-state index contributed by atoms with van der Waals surface area (Å²) in [4.78, 5) is 25.2. The van der Waals surface area contributed by atoms with E-state index in [4.69, 9.17) is 9.47 Å². The number of esters is 1. The molecule has 1 aromatic carbocycles. The number of rotatable bonds is 5. The Labute approximate surface area is 141 Å². The molecule has 0 aliphatic carbocycles. The van der Waals surface area contributed by atoms with Gasteiger partial charge in [0, 0.05) is 12.6 Å². The first-order valence-electron chi connectivity index (χ1n) is 8.12. The van der Waals surface area contributed by atoms with Crippen LogP contribution in [0.3, 0.4) is 0 Å². The summed E-state index contributed by atoms with van der Waals surface area (Å²) >= 11 is 0. The minimum absolute atomic E-state index is 0.167. The monoisotopic (exact) mass is 333 g/mol. The quantitative estimate of drug-likeness (QED) is 0.661. The van der Waals surface area contributed by atoms with E-state index in [2.05, 4.69) is 0 Å². The first-order valence-corrected chi connectivity index (χ1v) is 8.12. The van der Waals surface area contributed by atoms with Crippen molar-refractivity contribution in [3.8, 4) is 0 Å². The normalized spacial score (nSPS) is 20.8. The van der Waals surface area contributed by atoms with Crippen LogP contribution in [0.4, 0.5) is 4.79 Å². The number of aliphatic hydroxyl groups excluding tert-OH is 1. The van der Waals surface area contributed by atoms with E-state index in [1.54, 1.807) is 6.92 Å². The zero-order chi connectivity index (χ0) is 17.4. The summed E-state index contributed by atoms with van der Waals surface area (Å²) in [5.41, 5.74) is 0.891. The fourth-order valence-corrected chi connectivity index (χ4v) is 2.61. The Morgan fingerprint density at radius 2 is 2.04 bits per heavy atom. The van der Waals surface area contributed by atoms with Gasteiger partial charge in [0.2, 0.25) is 0 Å². The molecule has 1 aliphatic rings. The van der Waals surface area contributed by atoms with E-state index < -0.39 is 24.2 Å². The molecule has 0 radical (unpaired) electrons. The van der Waals surface area contributed by atoms with Crippen molar-refractivity contribution in [2.75, 3.05) is 13.2 Å². The van der Waals surface area contributed by atoms with Crippen molar-refractivity contribution in [2.45, 2.75) is 38.5 Å². The summed E-state index contributed by atoms with van der Waals surface area (Å²) < 4.78 is 10.2. The summed E-state index contributed by atoms with van der Waals surface area (Å²) in [5.74, 6) is -0.493. The van der Waals surface area contributed by atoms with Gasteiger partial charge in [-0.15, -0.1) is 0 Å². The summed E-state index contributed by atoms with van der Waals surface area (Å²) in [6, 6.07) is 8.79. The Balaban J connectivity index is 1.98. The molecule has 0 saturated carbocycles. The molecule has 1 heterocycles. The lowest BCUT2D eigenvalue weighted by molar-refractivity contribution is -0.137.